The molecule has 1 aromatic heterocycles. The number of ether oxygens (including phenoxy) is 1. The van der Waals surface area contributed by atoms with Crippen LogP contribution in [0.3, 0.4) is 0 Å². The van der Waals surface area contributed by atoms with Gasteiger partial charge in [0.05, 0.1) is 6.54 Å². The second-order valence-corrected chi connectivity index (χ2v) is 5.86. The number of nitrogens with one attached hydrogen (secondary N) is 1. The second kappa shape index (κ2) is 7.61. The molecule has 0 spiro atoms. The van der Waals surface area contributed by atoms with Gasteiger partial charge in [-0.3, -0.25) is 9.59 Å². The zero-order chi connectivity index (χ0) is 18.5. The predicted octanol–water partition coefficient (Wildman–Crippen LogP) is 1.60. The molecule has 0 aliphatic carbocycles. The third kappa shape index (κ3) is 3.95. The number of amides is 2. The highest BCUT2D eigenvalue weighted by Gasteiger charge is 2.29. The summed E-state index contributed by atoms with van der Waals surface area (Å²) in [4.78, 5) is 33.3. The van der Waals surface area contributed by atoms with Crippen molar-refractivity contribution in [2.45, 2.75) is 19.4 Å². The molecule has 26 heavy (non-hydrogen) atoms. The van der Waals surface area contributed by atoms with E-state index >= 15 is 0 Å². The summed E-state index contributed by atoms with van der Waals surface area (Å²) in [5.74, 6) is -0.0801. The quantitative estimate of drug-likeness (QED) is 0.896. The molecule has 0 radical (unpaired) electrons. The molecule has 2 heterocycles. The molecule has 1 aromatic carbocycles. The van der Waals surface area contributed by atoms with E-state index in [0.29, 0.717) is 30.8 Å². The van der Waals surface area contributed by atoms with Crippen LogP contribution in [0.2, 0.25) is 0 Å². The van der Waals surface area contributed by atoms with Crippen molar-refractivity contribution < 1.29 is 14.3 Å². The van der Waals surface area contributed by atoms with Crippen molar-refractivity contribution in [3.63, 3.8) is 0 Å². The molecule has 1 atom stereocenters. The molecule has 3 rings (SSSR count). The summed E-state index contributed by atoms with van der Waals surface area (Å²) in [5.41, 5.74) is 1.31. The molecule has 132 valence electrons. The highest BCUT2D eigenvalue weighted by atomic mass is 16.5. The third-order valence-electron chi connectivity index (χ3n) is 3.93. The van der Waals surface area contributed by atoms with E-state index in [1.165, 1.54) is 19.3 Å². The van der Waals surface area contributed by atoms with Crippen LogP contribution < -0.4 is 10.1 Å². The average molecular weight is 351 g/mol. The van der Waals surface area contributed by atoms with E-state index in [1.54, 1.807) is 29.2 Å². The van der Waals surface area contributed by atoms with Gasteiger partial charge in [0.25, 0.3) is 11.8 Å². The number of rotatable bonds is 4. The van der Waals surface area contributed by atoms with E-state index < -0.39 is 0 Å². The number of likely N-dealkylation sites (tertiary alicyclic amines) is 1. The van der Waals surface area contributed by atoms with Gasteiger partial charge < -0.3 is 15.0 Å². The zero-order valence-electron chi connectivity index (χ0n) is 14.2. The van der Waals surface area contributed by atoms with E-state index in [2.05, 4.69) is 15.3 Å². The number of benzene rings is 1. The summed E-state index contributed by atoms with van der Waals surface area (Å²) >= 11 is 0. The van der Waals surface area contributed by atoms with Crippen molar-refractivity contribution in [1.29, 1.82) is 5.26 Å². The number of hydrogen-bond donors (Lipinski definition) is 1. The highest BCUT2D eigenvalue weighted by molar-refractivity contribution is 5.95. The van der Waals surface area contributed by atoms with Gasteiger partial charge in [-0.05, 0) is 24.3 Å². The van der Waals surface area contributed by atoms with Crippen LogP contribution in [0.4, 0.5) is 5.69 Å². The molecule has 1 fully saturated rings. The lowest BCUT2D eigenvalue weighted by atomic mass is 10.2. The Bertz CT molecular complexity index is 860. The normalized spacial score (nSPS) is 16.0. The van der Waals surface area contributed by atoms with Crippen LogP contribution in [0, 0.1) is 11.3 Å². The van der Waals surface area contributed by atoms with Gasteiger partial charge in [-0.2, -0.15) is 5.26 Å². The van der Waals surface area contributed by atoms with Crippen molar-refractivity contribution in [2.24, 2.45) is 0 Å². The van der Waals surface area contributed by atoms with Gasteiger partial charge in [-0.25, -0.2) is 9.97 Å². The van der Waals surface area contributed by atoms with Crippen LogP contribution in [0.5, 0.6) is 5.88 Å². The Morgan fingerprint density at radius 3 is 2.69 bits per heavy atom. The Morgan fingerprint density at radius 2 is 2.00 bits per heavy atom. The average Bonchev–Trinajstić information content (AvgIpc) is 3.10. The van der Waals surface area contributed by atoms with E-state index in [1.807, 2.05) is 6.07 Å². The SMILES string of the molecule is CC(=O)Nc1ccc(C(=O)N2CCC(Oc3nccnc3C#N)C2)cc1. The number of hydrogen-bond acceptors (Lipinski definition) is 6. The number of aromatic nitrogens is 2. The monoisotopic (exact) mass is 351 g/mol. The van der Waals surface area contributed by atoms with Crippen LogP contribution in [0.25, 0.3) is 0 Å². The largest absolute Gasteiger partial charge is 0.470 e. The van der Waals surface area contributed by atoms with Crippen molar-refractivity contribution in [3.05, 3.63) is 47.9 Å². The van der Waals surface area contributed by atoms with E-state index in [4.69, 9.17) is 10.00 Å². The summed E-state index contributed by atoms with van der Waals surface area (Å²) in [6.45, 7) is 2.39. The lowest BCUT2D eigenvalue weighted by molar-refractivity contribution is -0.114. The van der Waals surface area contributed by atoms with E-state index in [0.717, 1.165) is 0 Å². The molecular weight excluding hydrogens is 334 g/mol. The van der Waals surface area contributed by atoms with Crippen molar-refractivity contribution in [2.75, 3.05) is 18.4 Å². The molecule has 1 aliphatic heterocycles. The van der Waals surface area contributed by atoms with Gasteiger partial charge in [-0.1, -0.05) is 0 Å². The summed E-state index contributed by atoms with van der Waals surface area (Å²) in [6.07, 6.45) is 3.31. The lowest BCUT2D eigenvalue weighted by Crippen LogP contribution is -2.31. The third-order valence-corrected chi connectivity index (χ3v) is 3.93. The van der Waals surface area contributed by atoms with Crippen LogP contribution >= 0.6 is 0 Å². The standard InChI is InChI=1S/C18H17N5O3/c1-12(24)22-14-4-2-13(3-5-14)18(25)23-9-6-15(11-23)26-17-16(10-19)20-7-8-21-17/h2-5,7-8,15H,6,9,11H2,1H3,(H,22,24). The maximum absolute atomic E-state index is 12.6. The maximum atomic E-state index is 12.6. The Morgan fingerprint density at radius 1 is 1.27 bits per heavy atom. The zero-order valence-corrected chi connectivity index (χ0v) is 14.2. The first-order chi connectivity index (χ1) is 12.6. The summed E-state index contributed by atoms with van der Waals surface area (Å²) in [7, 11) is 0. The van der Waals surface area contributed by atoms with Crippen LogP contribution in [0.15, 0.2) is 36.7 Å². The molecule has 0 bridgehead atoms. The topological polar surface area (TPSA) is 108 Å². The molecule has 1 unspecified atom stereocenters. The molecule has 0 saturated carbocycles. The fourth-order valence-electron chi connectivity index (χ4n) is 2.74. The first-order valence-corrected chi connectivity index (χ1v) is 8.11. The first-order valence-electron chi connectivity index (χ1n) is 8.11. The highest BCUT2D eigenvalue weighted by Crippen LogP contribution is 2.20. The molecule has 1 N–H and O–H groups in total. The molecule has 2 aromatic rings. The fourth-order valence-corrected chi connectivity index (χ4v) is 2.74. The molecule has 8 nitrogen and oxygen atoms in total. The van der Waals surface area contributed by atoms with Crippen molar-refractivity contribution >= 4 is 17.5 Å². The first kappa shape index (κ1) is 17.4. The van der Waals surface area contributed by atoms with Gasteiger partial charge in [0.15, 0.2) is 0 Å². The molecule has 1 aliphatic rings. The Balaban J connectivity index is 1.62. The number of anilines is 1. The number of nitrogens with zero attached hydrogens (tertiary/aromatic N) is 4. The van der Waals surface area contributed by atoms with Gasteiger partial charge in [-0.15, -0.1) is 0 Å². The smallest absolute Gasteiger partial charge is 0.253 e. The number of carbonyl (C=O) groups is 2. The van der Waals surface area contributed by atoms with E-state index in [-0.39, 0.29) is 29.5 Å². The summed E-state index contributed by atoms with van der Waals surface area (Å²) in [6, 6.07) is 8.68. The van der Waals surface area contributed by atoms with Crippen molar-refractivity contribution in [3.8, 4) is 11.9 Å². The van der Waals surface area contributed by atoms with Gasteiger partial charge in [0.2, 0.25) is 11.6 Å². The summed E-state index contributed by atoms with van der Waals surface area (Å²) < 4.78 is 5.74. The molecule has 2 amide bonds. The summed E-state index contributed by atoms with van der Waals surface area (Å²) in [5, 5.41) is 11.7. The lowest BCUT2D eigenvalue weighted by Gasteiger charge is -2.17. The second-order valence-electron chi connectivity index (χ2n) is 5.86. The van der Waals surface area contributed by atoms with Crippen LogP contribution in [-0.2, 0) is 4.79 Å². The van der Waals surface area contributed by atoms with Gasteiger partial charge >= 0.3 is 0 Å². The van der Waals surface area contributed by atoms with Crippen LogP contribution in [0.1, 0.15) is 29.4 Å². The van der Waals surface area contributed by atoms with Gasteiger partial charge in [0, 0.05) is 43.5 Å². The molecular formula is C18H17N5O3. The van der Waals surface area contributed by atoms with Crippen molar-refractivity contribution in [1.82, 2.24) is 14.9 Å². The minimum Gasteiger partial charge on any atom is -0.470 e. The Hall–Kier alpha value is -3.47. The Kier molecular flexibility index (Phi) is 5.08. The van der Waals surface area contributed by atoms with Crippen LogP contribution in [-0.4, -0.2) is 45.9 Å². The van der Waals surface area contributed by atoms with Gasteiger partial charge in [0.1, 0.15) is 12.2 Å². The Labute approximate surface area is 150 Å². The number of carbonyl (C=O) groups excluding carboxylic acids is 2. The fraction of sp³-hybridized carbons (Fsp3) is 0.278. The van der Waals surface area contributed by atoms with E-state index in [9.17, 15) is 9.59 Å². The maximum Gasteiger partial charge on any atom is 0.253 e. The minimum atomic E-state index is -0.235. The minimum absolute atomic E-state index is 0.106. The predicted molar refractivity (Wildman–Crippen MR) is 92.4 cm³/mol. The molecule has 1 saturated heterocycles. The number of nitriles is 1. The molecule has 8 heteroatoms.